The Balaban J connectivity index is 1.87. The lowest BCUT2D eigenvalue weighted by Crippen LogP contribution is -2.15. The van der Waals surface area contributed by atoms with Crippen molar-refractivity contribution in [1.82, 2.24) is 10.2 Å². The molecule has 1 aromatic heterocycles. The highest BCUT2D eigenvalue weighted by Gasteiger charge is 2.36. The van der Waals surface area contributed by atoms with Crippen LogP contribution in [0.25, 0.3) is 0 Å². The molecule has 8 heteroatoms. The number of nitrogens with one attached hydrogen (secondary N) is 1. The van der Waals surface area contributed by atoms with Crippen LogP contribution < -0.4 is 5.32 Å². The first kappa shape index (κ1) is 11.9. The molecule has 1 atom stereocenters. The molecule has 1 N–H and O–H groups in total. The van der Waals surface area contributed by atoms with Crippen LogP contribution >= 0.6 is 22.9 Å². The highest BCUT2D eigenvalue weighted by molar-refractivity contribution is 7.15. The minimum atomic E-state index is -4.42. The number of anilines is 1. The van der Waals surface area contributed by atoms with Gasteiger partial charge in [0.25, 0.3) is 0 Å². The minimum Gasteiger partial charge on any atom is -0.359 e. The van der Waals surface area contributed by atoms with Crippen LogP contribution in [-0.2, 0) is 6.18 Å². The Morgan fingerprint density at radius 3 is 2.62 bits per heavy atom. The maximum Gasteiger partial charge on any atom is 0.445 e. The summed E-state index contributed by atoms with van der Waals surface area (Å²) in [7, 11) is 0. The summed E-state index contributed by atoms with van der Waals surface area (Å²) in [5, 5.41) is 8.43. The van der Waals surface area contributed by atoms with Gasteiger partial charge in [0.15, 0.2) is 0 Å². The Morgan fingerprint density at radius 1 is 1.44 bits per heavy atom. The van der Waals surface area contributed by atoms with Crippen LogP contribution in [0.4, 0.5) is 18.3 Å². The van der Waals surface area contributed by atoms with Gasteiger partial charge in [-0.15, -0.1) is 21.8 Å². The van der Waals surface area contributed by atoms with Gasteiger partial charge in [0, 0.05) is 6.54 Å². The monoisotopic (exact) mass is 271 g/mol. The van der Waals surface area contributed by atoms with Crippen LogP contribution in [0.15, 0.2) is 0 Å². The van der Waals surface area contributed by atoms with Crippen LogP contribution in [0.1, 0.15) is 17.8 Å². The van der Waals surface area contributed by atoms with Gasteiger partial charge in [0.1, 0.15) is 0 Å². The SMILES string of the molecule is FC(F)(F)c1nnc(NCC(Cl)C2CC2)s1. The molecule has 16 heavy (non-hydrogen) atoms. The lowest BCUT2D eigenvalue weighted by molar-refractivity contribution is -0.138. The number of nitrogens with zero attached hydrogens (tertiary/aromatic N) is 2. The molecule has 1 aliphatic carbocycles. The van der Waals surface area contributed by atoms with Crippen molar-refractivity contribution in [3.8, 4) is 0 Å². The summed E-state index contributed by atoms with van der Waals surface area (Å²) in [6.07, 6.45) is -2.23. The molecule has 1 unspecified atom stereocenters. The normalized spacial score (nSPS) is 18.5. The number of aromatic nitrogens is 2. The van der Waals surface area contributed by atoms with E-state index in [2.05, 4.69) is 15.5 Å². The zero-order valence-electron chi connectivity index (χ0n) is 8.09. The Morgan fingerprint density at radius 2 is 2.12 bits per heavy atom. The summed E-state index contributed by atoms with van der Waals surface area (Å²) in [6, 6.07) is 0. The highest BCUT2D eigenvalue weighted by atomic mass is 35.5. The van der Waals surface area contributed by atoms with Gasteiger partial charge >= 0.3 is 6.18 Å². The van der Waals surface area contributed by atoms with E-state index >= 15 is 0 Å². The van der Waals surface area contributed by atoms with Crippen molar-refractivity contribution in [1.29, 1.82) is 0 Å². The van der Waals surface area contributed by atoms with Crippen LogP contribution in [0.2, 0.25) is 0 Å². The lowest BCUT2D eigenvalue weighted by Gasteiger charge is -2.07. The van der Waals surface area contributed by atoms with Crippen LogP contribution in [0, 0.1) is 5.92 Å². The van der Waals surface area contributed by atoms with Gasteiger partial charge in [0.2, 0.25) is 10.1 Å². The van der Waals surface area contributed by atoms with Gasteiger partial charge in [-0.2, -0.15) is 13.2 Å². The second-order valence-corrected chi connectivity index (χ2v) is 5.18. The smallest absolute Gasteiger partial charge is 0.359 e. The van der Waals surface area contributed by atoms with Crippen molar-refractivity contribution >= 4 is 28.1 Å². The number of halogens is 4. The first-order valence-corrected chi connectivity index (χ1v) is 6.01. The Bertz CT molecular complexity index is 364. The van der Waals surface area contributed by atoms with E-state index in [1.165, 1.54) is 0 Å². The third-order valence-corrected chi connectivity index (χ3v) is 3.69. The van der Waals surface area contributed by atoms with E-state index in [9.17, 15) is 13.2 Å². The largest absolute Gasteiger partial charge is 0.445 e. The molecule has 0 saturated heterocycles. The predicted molar refractivity (Wildman–Crippen MR) is 55.8 cm³/mol. The van der Waals surface area contributed by atoms with Crippen LogP contribution in [0.5, 0.6) is 0 Å². The minimum absolute atomic E-state index is 0.0433. The van der Waals surface area contributed by atoms with Crippen molar-refractivity contribution in [2.24, 2.45) is 5.92 Å². The standard InChI is InChI=1S/C8H9ClF3N3S/c9-5(4-1-2-4)3-13-7-15-14-6(16-7)8(10,11)12/h4-5H,1-3H2,(H,13,15). The fourth-order valence-electron chi connectivity index (χ4n) is 1.22. The summed E-state index contributed by atoms with van der Waals surface area (Å²) in [5.41, 5.74) is 0. The molecule has 3 nitrogen and oxygen atoms in total. The van der Waals surface area contributed by atoms with Gasteiger partial charge in [-0.3, -0.25) is 0 Å². The molecule has 0 aliphatic heterocycles. The average Bonchev–Trinajstić information content (AvgIpc) is 2.92. The molecule has 0 bridgehead atoms. The summed E-state index contributed by atoms with van der Waals surface area (Å²) in [4.78, 5) is 0. The average molecular weight is 272 g/mol. The molecule has 0 radical (unpaired) electrons. The topological polar surface area (TPSA) is 37.8 Å². The van der Waals surface area contributed by atoms with Crippen LogP contribution in [-0.4, -0.2) is 22.1 Å². The highest BCUT2D eigenvalue weighted by Crippen LogP contribution is 2.36. The second kappa shape index (κ2) is 4.37. The third-order valence-electron chi connectivity index (χ3n) is 2.25. The Hall–Kier alpha value is -0.560. The molecule has 0 amide bonds. The van der Waals surface area contributed by atoms with Gasteiger partial charge < -0.3 is 5.32 Å². The summed E-state index contributed by atoms with van der Waals surface area (Å²) < 4.78 is 36.6. The van der Waals surface area contributed by atoms with E-state index in [4.69, 9.17) is 11.6 Å². The quantitative estimate of drug-likeness (QED) is 0.856. The molecule has 0 aromatic carbocycles. The predicted octanol–water partition coefficient (Wildman–Crippen LogP) is 2.99. The molecule has 1 aliphatic rings. The van der Waals surface area contributed by atoms with Gasteiger partial charge in [0.05, 0.1) is 5.38 Å². The number of hydrogen-bond donors (Lipinski definition) is 1. The zero-order valence-corrected chi connectivity index (χ0v) is 9.66. The molecule has 1 saturated carbocycles. The molecule has 2 rings (SSSR count). The molecular formula is C8H9ClF3N3S. The van der Waals surface area contributed by atoms with E-state index < -0.39 is 11.2 Å². The molecule has 90 valence electrons. The lowest BCUT2D eigenvalue weighted by atomic mass is 10.3. The third kappa shape index (κ3) is 2.98. The molecule has 1 heterocycles. The van der Waals surface area contributed by atoms with Crippen molar-refractivity contribution in [3.63, 3.8) is 0 Å². The zero-order chi connectivity index (χ0) is 11.8. The van der Waals surface area contributed by atoms with E-state index in [-0.39, 0.29) is 10.5 Å². The van der Waals surface area contributed by atoms with Crippen molar-refractivity contribution in [2.45, 2.75) is 24.4 Å². The summed E-state index contributed by atoms with van der Waals surface area (Å²) in [6.45, 7) is 0.429. The summed E-state index contributed by atoms with van der Waals surface area (Å²) >= 11 is 6.49. The van der Waals surface area contributed by atoms with Gasteiger partial charge in [-0.1, -0.05) is 11.3 Å². The summed E-state index contributed by atoms with van der Waals surface area (Å²) in [5.74, 6) is 0.490. The molecule has 1 fully saturated rings. The van der Waals surface area contributed by atoms with E-state index in [1.807, 2.05) is 0 Å². The fraction of sp³-hybridized carbons (Fsp3) is 0.750. The van der Waals surface area contributed by atoms with E-state index in [0.29, 0.717) is 23.8 Å². The van der Waals surface area contributed by atoms with Crippen LogP contribution in [0.3, 0.4) is 0 Å². The molecule has 0 spiro atoms. The maximum absolute atomic E-state index is 12.2. The molecule has 1 aromatic rings. The van der Waals surface area contributed by atoms with E-state index in [0.717, 1.165) is 12.8 Å². The van der Waals surface area contributed by atoms with Crippen molar-refractivity contribution in [3.05, 3.63) is 5.01 Å². The maximum atomic E-state index is 12.2. The second-order valence-electron chi connectivity index (χ2n) is 3.64. The fourth-order valence-corrected chi connectivity index (χ4v) is 2.17. The van der Waals surface area contributed by atoms with Gasteiger partial charge in [-0.05, 0) is 18.8 Å². The number of alkyl halides is 4. The van der Waals surface area contributed by atoms with Crippen molar-refractivity contribution < 1.29 is 13.2 Å². The first-order chi connectivity index (χ1) is 7.47. The number of hydrogen-bond acceptors (Lipinski definition) is 4. The Kier molecular flexibility index (Phi) is 3.25. The molecular weight excluding hydrogens is 263 g/mol. The number of rotatable bonds is 4. The van der Waals surface area contributed by atoms with Gasteiger partial charge in [-0.25, -0.2) is 0 Å². The Labute approximate surface area is 99.0 Å². The van der Waals surface area contributed by atoms with E-state index in [1.54, 1.807) is 0 Å². The van der Waals surface area contributed by atoms with Crippen molar-refractivity contribution in [2.75, 3.05) is 11.9 Å². The first-order valence-electron chi connectivity index (χ1n) is 4.75.